The second-order valence-electron chi connectivity index (χ2n) is 9.64. The van der Waals surface area contributed by atoms with E-state index in [2.05, 4.69) is 36.1 Å². The molecule has 1 unspecified atom stereocenters. The molecule has 4 N–H and O–H groups in total. The number of phenolic OH excluding ortho intramolecular Hbond substituents is 1. The van der Waals surface area contributed by atoms with Gasteiger partial charge in [-0.1, -0.05) is 29.4 Å². The molecule has 1 aromatic heterocycles. The summed E-state index contributed by atoms with van der Waals surface area (Å²) in [5.41, 5.74) is 5.14. The number of aromatic hydroxyl groups is 1. The van der Waals surface area contributed by atoms with Crippen molar-refractivity contribution >= 4 is 40.6 Å². The smallest absolute Gasteiger partial charge is 0.233 e. The monoisotopic (exact) mass is 575 g/mol. The van der Waals surface area contributed by atoms with Gasteiger partial charge in [-0.2, -0.15) is 15.0 Å². The minimum Gasteiger partial charge on any atom is -0.508 e. The highest BCUT2D eigenvalue weighted by Gasteiger charge is 2.24. The molecule has 11 heteroatoms. The highest BCUT2D eigenvalue weighted by Crippen LogP contribution is 2.31. The predicted octanol–water partition coefficient (Wildman–Crippen LogP) is 6.69. The molecule has 5 aromatic rings. The SMILES string of the molecule is COc1ccc(Nc2nc(Nc3ccc(OC)cc3)nc(Nc3ccc(C4=NOC(c5ccc(O)cc5)C4)cc3)n2)cc1. The van der Waals surface area contributed by atoms with E-state index in [0.29, 0.717) is 24.3 Å². The van der Waals surface area contributed by atoms with Crippen LogP contribution in [0.15, 0.2) is 102 Å². The molecule has 0 spiro atoms. The molecule has 4 aromatic carbocycles. The van der Waals surface area contributed by atoms with Crippen LogP contribution >= 0.6 is 0 Å². The van der Waals surface area contributed by atoms with Gasteiger partial charge in [0.25, 0.3) is 0 Å². The Morgan fingerprint density at radius 2 is 1.07 bits per heavy atom. The second kappa shape index (κ2) is 12.4. The van der Waals surface area contributed by atoms with E-state index in [1.807, 2.05) is 84.9 Å². The quantitative estimate of drug-likeness (QED) is 0.143. The standard InChI is InChI=1S/C32H29N7O4/c1-41-26-15-9-23(10-16-26)34-31-36-30(37-32(38-31)35-24-11-17-27(42-2)18-12-24)33-22-7-3-20(4-8-22)28-19-29(43-39-28)21-5-13-25(40)14-6-21/h3-18,29,40H,19H2,1-2H3,(H3,33,34,35,36,37,38). The van der Waals surface area contributed by atoms with Gasteiger partial charge in [0, 0.05) is 23.5 Å². The first-order chi connectivity index (χ1) is 21.0. The zero-order chi connectivity index (χ0) is 29.6. The van der Waals surface area contributed by atoms with Gasteiger partial charge in [0.05, 0.1) is 19.9 Å². The Morgan fingerprint density at radius 1 is 0.628 bits per heavy atom. The number of aromatic nitrogens is 3. The summed E-state index contributed by atoms with van der Waals surface area (Å²) in [4.78, 5) is 19.4. The molecular weight excluding hydrogens is 546 g/mol. The van der Waals surface area contributed by atoms with Crippen LogP contribution in [-0.2, 0) is 4.84 Å². The minimum atomic E-state index is -0.188. The number of oxime groups is 1. The first-order valence-corrected chi connectivity index (χ1v) is 13.5. The molecule has 0 amide bonds. The van der Waals surface area contributed by atoms with E-state index in [1.165, 1.54) is 0 Å². The van der Waals surface area contributed by atoms with Crippen LogP contribution in [0.1, 0.15) is 23.7 Å². The molecule has 0 bridgehead atoms. The third-order valence-electron chi connectivity index (χ3n) is 6.74. The molecule has 0 aliphatic carbocycles. The van der Waals surface area contributed by atoms with Gasteiger partial charge < -0.3 is 35.4 Å². The largest absolute Gasteiger partial charge is 0.508 e. The van der Waals surface area contributed by atoms with Gasteiger partial charge in [-0.05, 0) is 83.9 Å². The number of nitrogens with zero attached hydrogens (tertiary/aromatic N) is 4. The van der Waals surface area contributed by atoms with E-state index in [0.717, 1.165) is 45.4 Å². The number of hydrogen-bond acceptors (Lipinski definition) is 11. The van der Waals surface area contributed by atoms with Gasteiger partial charge in [-0.25, -0.2) is 0 Å². The maximum absolute atomic E-state index is 9.56. The van der Waals surface area contributed by atoms with E-state index in [1.54, 1.807) is 26.4 Å². The summed E-state index contributed by atoms with van der Waals surface area (Å²) in [6, 6.07) is 29.7. The fraction of sp³-hybridized carbons (Fsp3) is 0.125. The van der Waals surface area contributed by atoms with Crippen molar-refractivity contribution in [3.8, 4) is 17.2 Å². The van der Waals surface area contributed by atoms with Crippen LogP contribution in [-0.4, -0.2) is 40.0 Å². The molecule has 1 aliphatic rings. The van der Waals surface area contributed by atoms with Crippen LogP contribution in [0, 0.1) is 0 Å². The molecule has 2 heterocycles. The van der Waals surface area contributed by atoms with Gasteiger partial charge in [-0.15, -0.1) is 0 Å². The molecule has 0 saturated heterocycles. The van der Waals surface area contributed by atoms with Crippen LogP contribution in [0.25, 0.3) is 0 Å². The van der Waals surface area contributed by atoms with Gasteiger partial charge in [0.15, 0.2) is 6.10 Å². The molecule has 0 radical (unpaired) electrons. The number of anilines is 6. The third-order valence-corrected chi connectivity index (χ3v) is 6.74. The summed E-state index contributed by atoms with van der Waals surface area (Å²) in [7, 11) is 3.25. The van der Waals surface area contributed by atoms with Crippen molar-refractivity contribution in [3.63, 3.8) is 0 Å². The summed E-state index contributed by atoms with van der Waals surface area (Å²) in [6.07, 6.45) is 0.443. The van der Waals surface area contributed by atoms with Crippen molar-refractivity contribution in [1.29, 1.82) is 0 Å². The van der Waals surface area contributed by atoms with Crippen molar-refractivity contribution in [3.05, 3.63) is 108 Å². The van der Waals surface area contributed by atoms with E-state index >= 15 is 0 Å². The number of methoxy groups -OCH3 is 2. The number of rotatable bonds is 10. The fourth-order valence-electron chi connectivity index (χ4n) is 4.44. The van der Waals surface area contributed by atoms with E-state index in [-0.39, 0.29) is 11.9 Å². The van der Waals surface area contributed by atoms with Gasteiger partial charge in [0.1, 0.15) is 17.2 Å². The van der Waals surface area contributed by atoms with Crippen molar-refractivity contribution < 1.29 is 19.4 Å². The molecule has 11 nitrogen and oxygen atoms in total. The number of benzene rings is 4. The topological polar surface area (TPSA) is 135 Å². The van der Waals surface area contributed by atoms with Crippen molar-refractivity contribution in [1.82, 2.24) is 15.0 Å². The van der Waals surface area contributed by atoms with Crippen LogP contribution in [0.4, 0.5) is 34.9 Å². The molecule has 0 saturated carbocycles. The van der Waals surface area contributed by atoms with Gasteiger partial charge in [0.2, 0.25) is 17.8 Å². The lowest BCUT2D eigenvalue weighted by atomic mass is 10.00. The Labute approximate surface area is 248 Å². The Hall–Kier alpha value is -5.84. The Bertz CT molecular complexity index is 1640. The molecular formula is C32H29N7O4. The number of phenols is 1. The van der Waals surface area contributed by atoms with Gasteiger partial charge in [-0.3, -0.25) is 0 Å². The van der Waals surface area contributed by atoms with Gasteiger partial charge >= 0.3 is 0 Å². The molecule has 216 valence electrons. The van der Waals surface area contributed by atoms with Crippen LogP contribution in [0.5, 0.6) is 17.2 Å². The Kier molecular flexibility index (Phi) is 7.85. The van der Waals surface area contributed by atoms with Crippen LogP contribution < -0.4 is 25.4 Å². The number of hydrogen-bond donors (Lipinski definition) is 4. The molecule has 43 heavy (non-hydrogen) atoms. The number of nitrogens with one attached hydrogen (secondary N) is 3. The Morgan fingerprint density at radius 3 is 1.51 bits per heavy atom. The average Bonchev–Trinajstić information content (AvgIpc) is 3.53. The molecule has 1 aliphatic heterocycles. The summed E-state index contributed by atoms with van der Waals surface area (Å²) >= 11 is 0. The lowest BCUT2D eigenvalue weighted by Gasteiger charge is -2.12. The lowest BCUT2D eigenvalue weighted by Crippen LogP contribution is -2.07. The number of ether oxygens (including phenoxy) is 2. The van der Waals surface area contributed by atoms with Crippen molar-refractivity contribution in [2.24, 2.45) is 5.16 Å². The zero-order valence-electron chi connectivity index (χ0n) is 23.5. The normalized spacial score (nSPS) is 13.9. The van der Waals surface area contributed by atoms with Crippen molar-refractivity contribution in [2.45, 2.75) is 12.5 Å². The third kappa shape index (κ3) is 6.73. The molecule has 0 fully saturated rings. The molecule has 1 atom stereocenters. The molecule has 6 rings (SSSR count). The summed E-state index contributed by atoms with van der Waals surface area (Å²) < 4.78 is 10.5. The fourth-order valence-corrected chi connectivity index (χ4v) is 4.44. The van der Waals surface area contributed by atoms with E-state index in [4.69, 9.17) is 14.3 Å². The first kappa shape index (κ1) is 27.3. The van der Waals surface area contributed by atoms with Crippen molar-refractivity contribution in [2.75, 3.05) is 30.2 Å². The second-order valence-corrected chi connectivity index (χ2v) is 9.64. The highest BCUT2D eigenvalue weighted by molar-refractivity contribution is 6.01. The van der Waals surface area contributed by atoms with E-state index < -0.39 is 0 Å². The Balaban J connectivity index is 1.19. The summed E-state index contributed by atoms with van der Waals surface area (Å²) in [5, 5.41) is 23.6. The predicted molar refractivity (Wildman–Crippen MR) is 165 cm³/mol. The lowest BCUT2D eigenvalue weighted by molar-refractivity contribution is 0.0857. The maximum atomic E-state index is 9.56. The minimum absolute atomic E-state index is 0.188. The first-order valence-electron chi connectivity index (χ1n) is 13.5. The summed E-state index contributed by atoms with van der Waals surface area (Å²) in [6.45, 7) is 0. The summed E-state index contributed by atoms with van der Waals surface area (Å²) in [5.74, 6) is 2.78. The maximum Gasteiger partial charge on any atom is 0.233 e. The van der Waals surface area contributed by atoms with Crippen LogP contribution in [0.2, 0.25) is 0 Å². The average molecular weight is 576 g/mol. The van der Waals surface area contributed by atoms with E-state index in [9.17, 15) is 5.11 Å². The highest BCUT2D eigenvalue weighted by atomic mass is 16.6. The van der Waals surface area contributed by atoms with Crippen LogP contribution in [0.3, 0.4) is 0 Å². The zero-order valence-corrected chi connectivity index (χ0v) is 23.5.